The van der Waals surface area contributed by atoms with Gasteiger partial charge < -0.3 is 4.74 Å². The van der Waals surface area contributed by atoms with Crippen LogP contribution in [-0.2, 0) is 4.74 Å². The zero-order valence-electron chi connectivity index (χ0n) is 11.9. The van der Waals surface area contributed by atoms with Gasteiger partial charge in [-0.05, 0) is 36.8 Å². The van der Waals surface area contributed by atoms with Crippen LogP contribution in [0.2, 0.25) is 0 Å². The van der Waals surface area contributed by atoms with Gasteiger partial charge >= 0.3 is 0 Å². The normalized spacial score (nSPS) is 35.8. The number of rotatable bonds is 4. The first-order valence-corrected chi connectivity index (χ1v) is 7.79. The Hall–Kier alpha value is -0.560. The second-order valence-corrected chi connectivity index (χ2v) is 6.46. The lowest BCUT2D eigenvalue weighted by molar-refractivity contribution is -0.0896. The van der Waals surface area contributed by atoms with Crippen LogP contribution in [0.15, 0.2) is 23.3 Å². The Morgan fingerprint density at radius 2 is 2.06 bits per heavy atom. The second kappa shape index (κ2) is 4.85. The van der Waals surface area contributed by atoms with Crippen LogP contribution in [0.4, 0.5) is 0 Å². The highest BCUT2D eigenvalue weighted by molar-refractivity contribution is 5.44. The van der Waals surface area contributed by atoms with Crippen molar-refractivity contribution in [1.29, 1.82) is 0 Å². The molecule has 2 saturated carbocycles. The quantitative estimate of drug-likeness (QED) is 0.702. The van der Waals surface area contributed by atoms with Crippen LogP contribution in [0.1, 0.15) is 58.8 Å². The van der Waals surface area contributed by atoms with Gasteiger partial charge in [-0.3, -0.25) is 0 Å². The van der Waals surface area contributed by atoms with Crippen LogP contribution in [0, 0.1) is 11.8 Å². The van der Waals surface area contributed by atoms with Crippen molar-refractivity contribution in [2.24, 2.45) is 11.8 Å². The van der Waals surface area contributed by atoms with E-state index in [1.54, 1.807) is 5.57 Å². The van der Waals surface area contributed by atoms with Gasteiger partial charge in [-0.1, -0.05) is 44.8 Å². The minimum atomic E-state index is 0.0763. The van der Waals surface area contributed by atoms with Crippen LogP contribution < -0.4 is 0 Å². The first-order valence-electron chi connectivity index (χ1n) is 7.79. The molecule has 0 heterocycles. The highest BCUT2D eigenvalue weighted by Crippen LogP contribution is 2.52. The van der Waals surface area contributed by atoms with Crippen molar-refractivity contribution in [2.75, 3.05) is 6.61 Å². The van der Waals surface area contributed by atoms with Crippen molar-refractivity contribution in [3.63, 3.8) is 0 Å². The molecule has 0 N–H and O–H groups in total. The summed E-state index contributed by atoms with van der Waals surface area (Å²) in [6.45, 7) is 5.57. The summed E-state index contributed by atoms with van der Waals surface area (Å²) in [4.78, 5) is 0. The van der Waals surface area contributed by atoms with Gasteiger partial charge in [-0.2, -0.15) is 0 Å². The second-order valence-electron chi connectivity index (χ2n) is 6.46. The third-order valence-electron chi connectivity index (χ3n) is 5.29. The molecule has 4 aliphatic rings. The van der Waals surface area contributed by atoms with Gasteiger partial charge in [0.25, 0.3) is 0 Å². The van der Waals surface area contributed by atoms with E-state index in [9.17, 15) is 0 Å². The largest absolute Gasteiger partial charge is 0.370 e. The maximum Gasteiger partial charge on any atom is 0.0967 e. The minimum Gasteiger partial charge on any atom is -0.370 e. The monoisotopic (exact) mass is 246 g/mol. The van der Waals surface area contributed by atoms with Gasteiger partial charge in [0.15, 0.2) is 0 Å². The van der Waals surface area contributed by atoms with Gasteiger partial charge in [0.05, 0.1) is 12.2 Å². The van der Waals surface area contributed by atoms with E-state index < -0.39 is 0 Å². The zero-order chi connectivity index (χ0) is 12.6. The Morgan fingerprint density at radius 1 is 1.28 bits per heavy atom. The van der Waals surface area contributed by atoms with E-state index >= 15 is 0 Å². The molecule has 0 aromatic carbocycles. The Bertz CT molecular complexity index is 373. The smallest absolute Gasteiger partial charge is 0.0967 e. The van der Waals surface area contributed by atoms with E-state index in [2.05, 4.69) is 26.0 Å². The van der Waals surface area contributed by atoms with Gasteiger partial charge in [-0.15, -0.1) is 0 Å². The Balaban J connectivity index is 1.61. The molecule has 2 bridgehead atoms. The molecule has 1 nitrogen and oxygen atoms in total. The summed E-state index contributed by atoms with van der Waals surface area (Å²) in [6, 6.07) is 0. The van der Waals surface area contributed by atoms with Crippen molar-refractivity contribution in [3.8, 4) is 0 Å². The minimum absolute atomic E-state index is 0.0763. The number of fused-ring (bicyclic) bond motifs is 1. The van der Waals surface area contributed by atoms with Crippen LogP contribution in [0.25, 0.3) is 0 Å². The van der Waals surface area contributed by atoms with Crippen LogP contribution >= 0.6 is 0 Å². The predicted octanol–water partition coefficient (Wildman–Crippen LogP) is 4.64. The summed E-state index contributed by atoms with van der Waals surface area (Å²) in [7, 11) is 0. The lowest BCUT2D eigenvalue weighted by atomic mass is 9.61. The van der Waals surface area contributed by atoms with E-state index in [1.165, 1.54) is 37.7 Å². The molecule has 0 aliphatic heterocycles. The Kier molecular flexibility index (Phi) is 3.36. The Morgan fingerprint density at radius 3 is 2.72 bits per heavy atom. The number of ether oxygens (including phenoxy) is 1. The average molecular weight is 246 g/mol. The summed E-state index contributed by atoms with van der Waals surface area (Å²) in [6.07, 6.45) is 14.2. The SMILES string of the molecule is CCC1=CC2(OCC3CCCCC3)CC(=C1)C2C. The van der Waals surface area contributed by atoms with Gasteiger partial charge in [0.1, 0.15) is 0 Å². The molecule has 0 saturated heterocycles. The van der Waals surface area contributed by atoms with E-state index in [1.807, 2.05) is 0 Å². The first kappa shape index (κ1) is 12.5. The molecule has 4 aliphatic carbocycles. The predicted molar refractivity (Wildman–Crippen MR) is 75.5 cm³/mol. The molecule has 0 radical (unpaired) electrons. The van der Waals surface area contributed by atoms with Crippen LogP contribution in [0.5, 0.6) is 0 Å². The topological polar surface area (TPSA) is 9.23 Å². The zero-order valence-corrected chi connectivity index (χ0v) is 11.9. The molecule has 18 heavy (non-hydrogen) atoms. The molecule has 2 atom stereocenters. The molecular formula is C17H26O. The summed E-state index contributed by atoms with van der Waals surface area (Å²) in [5.74, 6) is 1.45. The molecule has 0 spiro atoms. The van der Waals surface area contributed by atoms with Crippen molar-refractivity contribution in [1.82, 2.24) is 0 Å². The lowest BCUT2D eigenvalue weighted by Gasteiger charge is -2.51. The fourth-order valence-corrected chi connectivity index (χ4v) is 3.80. The third kappa shape index (κ3) is 2.07. The van der Waals surface area contributed by atoms with Crippen molar-refractivity contribution in [3.05, 3.63) is 23.3 Å². The molecule has 2 unspecified atom stereocenters. The molecule has 100 valence electrons. The van der Waals surface area contributed by atoms with Gasteiger partial charge in [0.2, 0.25) is 0 Å². The number of hydrogen-bond acceptors (Lipinski definition) is 1. The fourth-order valence-electron chi connectivity index (χ4n) is 3.80. The van der Waals surface area contributed by atoms with E-state index in [4.69, 9.17) is 4.74 Å². The highest BCUT2D eigenvalue weighted by atomic mass is 16.5. The molecule has 0 amide bonds. The molecule has 4 rings (SSSR count). The lowest BCUT2D eigenvalue weighted by Crippen LogP contribution is -2.51. The van der Waals surface area contributed by atoms with Crippen molar-refractivity contribution >= 4 is 0 Å². The third-order valence-corrected chi connectivity index (χ3v) is 5.29. The van der Waals surface area contributed by atoms with E-state index in [0.29, 0.717) is 5.92 Å². The van der Waals surface area contributed by atoms with Crippen molar-refractivity contribution in [2.45, 2.75) is 64.4 Å². The van der Waals surface area contributed by atoms with Crippen LogP contribution in [-0.4, -0.2) is 12.2 Å². The van der Waals surface area contributed by atoms with E-state index in [-0.39, 0.29) is 5.60 Å². The van der Waals surface area contributed by atoms with Crippen molar-refractivity contribution < 1.29 is 4.74 Å². The van der Waals surface area contributed by atoms with Gasteiger partial charge in [-0.25, -0.2) is 0 Å². The highest BCUT2D eigenvalue weighted by Gasteiger charge is 2.49. The molecular weight excluding hydrogens is 220 g/mol. The first-order chi connectivity index (χ1) is 8.73. The maximum absolute atomic E-state index is 6.40. The summed E-state index contributed by atoms with van der Waals surface area (Å²) in [5, 5.41) is 0. The number of hydrogen-bond donors (Lipinski definition) is 0. The maximum atomic E-state index is 6.40. The molecule has 0 aromatic heterocycles. The average Bonchev–Trinajstić information content (AvgIpc) is 2.45. The molecule has 1 heteroatoms. The summed E-state index contributed by atoms with van der Waals surface area (Å²) < 4.78 is 6.40. The summed E-state index contributed by atoms with van der Waals surface area (Å²) >= 11 is 0. The molecule has 2 fully saturated rings. The Labute approximate surface area is 111 Å². The summed E-state index contributed by atoms with van der Waals surface area (Å²) in [5.41, 5.74) is 3.17. The molecule has 0 aromatic rings. The van der Waals surface area contributed by atoms with E-state index in [0.717, 1.165) is 25.4 Å². The van der Waals surface area contributed by atoms with Crippen LogP contribution in [0.3, 0.4) is 0 Å². The number of allylic oxidation sites excluding steroid dienone is 2. The standard InChI is InChI=1S/C17H26O/c1-3-14-9-16-11-17(10-14,13(16)2)18-12-15-7-5-4-6-8-15/h9-10,13,15H,3-8,11-12H2,1-2H3. The fraction of sp³-hybridized carbons (Fsp3) is 0.765. The van der Waals surface area contributed by atoms with Gasteiger partial charge in [0, 0.05) is 12.3 Å².